The lowest BCUT2D eigenvalue weighted by atomic mass is 9.92. The Hall–Kier alpha value is -0.0400. The maximum atomic E-state index is 2.70. The molecule has 1 saturated heterocycles. The highest BCUT2D eigenvalue weighted by Gasteiger charge is 2.44. The summed E-state index contributed by atoms with van der Waals surface area (Å²) < 4.78 is 0. The van der Waals surface area contributed by atoms with E-state index in [2.05, 4.69) is 18.7 Å². The molecule has 1 atom stereocenters. The molecule has 0 aromatic carbocycles. The fourth-order valence-electron chi connectivity index (χ4n) is 2.72. The van der Waals surface area contributed by atoms with Gasteiger partial charge in [0.2, 0.25) is 0 Å². The van der Waals surface area contributed by atoms with E-state index in [1.165, 1.54) is 51.6 Å². The fourth-order valence-corrected chi connectivity index (χ4v) is 2.72. The van der Waals surface area contributed by atoms with Gasteiger partial charge in [-0.25, -0.2) is 0 Å². The smallest absolute Gasteiger partial charge is 0.00668 e. The van der Waals surface area contributed by atoms with Gasteiger partial charge in [-0.15, -0.1) is 0 Å². The summed E-state index contributed by atoms with van der Waals surface area (Å²) in [5.41, 5.74) is 0.850. The van der Waals surface area contributed by atoms with Crippen LogP contribution >= 0.6 is 0 Å². The number of hydrogen-bond acceptors (Lipinski definition) is 1. The van der Waals surface area contributed by atoms with Gasteiger partial charge in [0.1, 0.15) is 0 Å². The van der Waals surface area contributed by atoms with Gasteiger partial charge in [-0.2, -0.15) is 0 Å². The van der Waals surface area contributed by atoms with Crippen LogP contribution < -0.4 is 0 Å². The molecule has 1 spiro atoms. The minimum absolute atomic E-state index is 0.834. The normalized spacial score (nSPS) is 29.1. The SMILES string of the molecule is CCCC(C)N1CCC2(CC1)CC2. The van der Waals surface area contributed by atoms with Crippen molar-refractivity contribution in [3.8, 4) is 0 Å². The number of piperidine rings is 1. The molecule has 13 heavy (non-hydrogen) atoms. The van der Waals surface area contributed by atoms with Gasteiger partial charge < -0.3 is 4.90 Å². The monoisotopic (exact) mass is 181 g/mol. The van der Waals surface area contributed by atoms with Crippen LogP contribution in [0.3, 0.4) is 0 Å². The quantitative estimate of drug-likeness (QED) is 0.647. The van der Waals surface area contributed by atoms with Crippen molar-refractivity contribution in [3.63, 3.8) is 0 Å². The highest BCUT2D eigenvalue weighted by Crippen LogP contribution is 2.53. The second-order valence-corrected chi connectivity index (χ2v) is 5.17. The average Bonchev–Trinajstić information content (AvgIpc) is 2.87. The highest BCUT2D eigenvalue weighted by molar-refractivity contribution is 4.97. The van der Waals surface area contributed by atoms with Gasteiger partial charge in [0.15, 0.2) is 0 Å². The van der Waals surface area contributed by atoms with Crippen LogP contribution in [0.1, 0.15) is 52.4 Å². The number of hydrogen-bond donors (Lipinski definition) is 0. The van der Waals surface area contributed by atoms with Crippen molar-refractivity contribution in [2.45, 2.75) is 58.4 Å². The van der Waals surface area contributed by atoms with E-state index in [0.717, 1.165) is 11.5 Å². The van der Waals surface area contributed by atoms with Crippen molar-refractivity contribution < 1.29 is 0 Å². The van der Waals surface area contributed by atoms with Gasteiger partial charge in [0, 0.05) is 6.04 Å². The molecule has 0 bridgehead atoms. The predicted octanol–water partition coefficient (Wildman–Crippen LogP) is 3.05. The van der Waals surface area contributed by atoms with Crippen LogP contribution in [0.4, 0.5) is 0 Å². The van der Waals surface area contributed by atoms with E-state index in [4.69, 9.17) is 0 Å². The molecule has 1 aliphatic heterocycles. The molecule has 1 unspecified atom stereocenters. The lowest BCUT2D eigenvalue weighted by Crippen LogP contribution is -2.40. The molecular formula is C12H23N. The Kier molecular flexibility index (Phi) is 2.64. The van der Waals surface area contributed by atoms with Crippen LogP contribution in [0.25, 0.3) is 0 Å². The molecule has 2 aliphatic rings. The van der Waals surface area contributed by atoms with E-state index in [1.54, 1.807) is 0 Å². The molecule has 2 fully saturated rings. The summed E-state index contributed by atoms with van der Waals surface area (Å²) in [5, 5.41) is 0. The molecule has 1 saturated carbocycles. The second-order valence-electron chi connectivity index (χ2n) is 5.17. The Bertz CT molecular complexity index is 162. The molecule has 0 amide bonds. The molecular weight excluding hydrogens is 158 g/mol. The summed E-state index contributed by atoms with van der Waals surface area (Å²) in [6.07, 6.45) is 8.75. The Morgan fingerprint density at radius 2 is 1.77 bits per heavy atom. The van der Waals surface area contributed by atoms with Crippen molar-refractivity contribution in [3.05, 3.63) is 0 Å². The molecule has 0 N–H and O–H groups in total. The molecule has 2 rings (SSSR count). The largest absolute Gasteiger partial charge is 0.301 e. The molecule has 0 radical (unpaired) electrons. The van der Waals surface area contributed by atoms with Gasteiger partial charge in [-0.1, -0.05) is 13.3 Å². The number of nitrogens with zero attached hydrogens (tertiary/aromatic N) is 1. The summed E-state index contributed by atoms with van der Waals surface area (Å²) in [4.78, 5) is 2.70. The Morgan fingerprint density at radius 3 is 2.23 bits per heavy atom. The predicted molar refractivity (Wildman–Crippen MR) is 56.8 cm³/mol. The molecule has 0 aromatic heterocycles. The molecule has 1 aliphatic carbocycles. The van der Waals surface area contributed by atoms with Crippen LogP contribution in [0.2, 0.25) is 0 Å². The van der Waals surface area contributed by atoms with Crippen molar-refractivity contribution in [2.24, 2.45) is 5.41 Å². The third-order valence-corrected chi connectivity index (χ3v) is 4.15. The van der Waals surface area contributed by atoms with Gasteiger partial charge in [0.05, 0.1) is 0 Å². The summed E-state index contributed by atoms with van der Waals surface area (Å²) in [7, 11) is 0. The number of rotatable bonds is 3. The minimum atomic E-state index is 0.834. The highest BCUT2D eigenvalue weighted by atomic mass is 15.2. The lowest BCUT2D eigenvalue weighted by Gasteiger charge is -2.36. The Morgan fingerprint density at radius 1 is 1.15 bits per heavy atom. The second kappa shape index (κ2) is 3.61. The first-order valence-electron chi connectivity index (χ1n) is 6.00. The summed E-state index contributed by atoms with van der Waals surface area (Å²) >= 11 is 0. The van der Waals surface area contributed by atoms with Gasteiger partial charge >= 0.3 is 0 Å². The van der Waals surface area contributed by atoms with E-state index < -0.39 is 0 Å². The summed E-state index contributed by atoms with van der Waals surface area (Å²) in [6, 6.07) is 0.834. The zero-order chi connectivity index (χ0) is 9.31. The van der Waals surface area contributed by atoms with Crippen LogP contribution in [0.15, 0.2) is 0 Å². The first-order chi connectivity index (χ1) is 6.26. The average molecular weight is 181 g/mol. The third-order valence-electron chi connectivity index (χ3n) is 4.15. The Balaban J connectivity index is 1.76. The molecule has 1 nitrogen and oxygen atoms in total. The number of likely N-dealkylation sites (tertiary alicyclic amines) is 1. The maximum absolute atomic E-state index is 2.70. The molecule has 1 heterocycles. The topological polar surface area (TPSA) is 3.24 Å². The van der Waals surface area contributed by atoms with E-state index >= 15 is 0 Å². The first kappa shape index (κ1) is 9.51. The van der Waals surface area contributed by atoms with Crippen molar-refractivity contribution in [2.75, 3.05) is 13.1 Å². The fraction of sp³-hybridized carbons (Fsp3) is 1.00. The zero-order valence-corrected chi connectivity index (χ0v) is 9.18. The Labute approximate surface area is 82.5 Å². The van der Waals surface area contributed by atoms with Gasteiger partial charge in [-0.3, -0.25) is 0 Å². The van der Waals surface area contributed by atoms with Gasteiger partial charge in [0.25, 0.3) is 0 Å². The van der Waals surface area contributed by atoms with Crippen LogP contribution in [0, 0.1) is 5.41 Å². The summed E-state index contributed by atoms with van der Waals surface area (Å²) in [6.45, 7) is 7.44. The molecule has 1 heteroatoms. The van der Waals surface area contributed by atoms with Crippen LogP contribution in [-0.4, -0.2) is 24.0 Å². The van der Waals surface area contributed by atoms with E-state index in [-0.39, 0.29) is 0 Å². The van der Waals surface area contributed by atoms with Crippen molar-refractivity contribution in [1.82, 2.24) is 4.90 Å². The maximum Gasteiger partial charge on any atom is 0.00668 e. The third kappa shape index (κ3) is 2.07. The van der Waals surface area contributed by atoms with E-state index in [0.29, 0.717) is 0 Å². The van der Waals surface area contributed by atoms with Crippen molar-refractivity contribution in [1.29, 1.82) is 0 Å². The molecule has 76 valence electrons. The van der Waals surface area contributed by atoms with E-state index in [9.17, 15) is 0 Å². The first-order valence-corrected chi connectivity index (χ1v) is 6.00. The van der Waals surface area contributed by atoms with Crippen molar-refractivity contribution >= 4 is 0 Å². The summed E-state index contributed by atoms with van der Waals surface area (Å²) in [5.74, 6) is 0. The van der Waals surface area contributed by atoms with Crippen LogP contribution in [-0.2, 0) is 0 Å². The zero-order valence-electron chi connectivity index (χ0n) is 9.18. The van der Waals surface area contributed by atoms with Crippen LogP contribution in [0.5, 0.6) is 0 Å². The van der Waals surface area contributed by atoms with Gasteiger partial charge in [-0.05, 0) is 57.5 Å². The molecule has 0 aromatic rings. The van der Waals surface area contributed by atoms with E-state index in [1.807, 2.05) is 0 Å². The lowest BCUT2D eigenvalue weighted by molar-refractivity contribution is 0.126. The minimum Gasteiger partial charge on any atom is -0.301 e. The standard InChI is InChI=1S/C12H23N/c1-3-4-11(2)13-9-7-12(5-6-12)8-10-13/h11H,3-10H2,1-2H3.